The van der Waals surface area contributed by atoms with Gasteiger partial charge < -0.3 is 10.3 Å². The lowest BCUT2D eigenvalue weighted by Gasteiger charge is -2.03. The van der Waals surface area contributed by atoms with E-state index in [4.69, 9.17) is 0 Å². The molecule has 1 amide bonds. The molecule has 0 spiro atoms. The zero-order chi connectivity index (χ0) is 16.4. The number of nitrogens with zero attached hydrogens (tertiary/aromatic N) is 2. The van der Waals surface area contributed by atoms with Crippen molar-refractivity contribution in [1.82, 2.24) is 30.5 Å². The number of pyridine rings is 1. The van der Waals surface area contributed by atoms with E-state index in [0.717, 1.165) is 16.6 Å². The van der Waals surface area contributed by atoms with Gasteiger partial charge >= 0.3 is 5.69 Å². The average Bonchev–Trinajstić information content (AvgIpc) is 3.12. The van der Waals surface area contributed by atoms with E-state index in [1.165, 1.54) is 0 Å². The molecule has 23 heavy (non-hydrogen) atoms. The van der Waals surface area contributed by atoms with E-state index in [0.29, 0.717) is 30.4 Å². The normalized spacial score (nSPS) is 11.3. The van der Waals surface area contributed by atoms with E-state index in [1.54, 1.807) is 6.07 Å². The Balaban J connectivity index is 1.67. The van der Waals surface area contributed by atoms with Gasteiger partial charge in [0.15, 0.2) is 0 Å². The monoisotopic (exact) mass is 314 g/mol. The summed E-state index contributed by atoms with van der Waals surface area (Å²) in [6, 6.07) is 3.74. The Kier molecular flexibility index (Phi) is 3.96. The second-order valence-corrected chi connectivity index (χ2v) is 5.67. The molecule has 0 fully saturated rings. The van der Waals surface area contributed by atoms with Crippen molar-refractivity contribution in [2.24, 2.45) is 0 Å². The van der Waals surface area contributed by atoms with Gasteiger partial charge in [-0.25, -0.2) is 9.89 Å². The Labute approximate surface area is 131 Å². The van der Waals surface area contributed by atoms with Crippen molar-refractivity contribution in [3.8, 4) is 0 Å². The van der Waals surface area contributed by atoms with Gasteiger partial charge in [-0.1, -0.05) is 13.8 Å². The van der Waals surface area contributed by atoms with Crippen LogP contribution in [0.4, 0.5) is 0 Å². The number of hydrogen-bond donors (Lipinski definition) is 4. The first-order valence-electron chi connectivity index (χ1n) is 7.43. The fourth-order valence-electron chi connectivity index (χ4n) is 2.28. The molecule has 3 aromatic heterocycles. The van der Waals surface area contributed by atoms with Crippen LogP contribution < -0.4 is 11.0 Å². The minimum Gasteiger partial charge on any atom is -0.350 e. The second kappa shape index (κ2) is 6.07. The minimum absolute atomic E-state index is 0.216. The first-order chi connectivity index (χ1) is 11.0. The van der Waals surface area contributed by atoms with Crippen LogP contribution in [0.1, 0.15) is 41.6 Å². The highest BCUT2D eigenvalue weighted by Gasteiger charge is 2.11. The molecule has 120 valence electrons. The maximum atomic E-state index is 12.2. The number of hydrogen-bond acceptors (Lipinski definition) is 4. The largest absolute Gasteiger partial charge is 0.350 e. The number of H-pyrrole nitrogens is 3. The molecular formula is C15H18N6O2. The molecule has 8 heteroatoms. The van der Waals surface area contributed by atoms with Crippen molar-refractivity contribution in [3.63, 3.8) is 0 Å². The van der Waals surface area contributed by atoms with Gasteiger partial charge in [0.1, 0.15) is 11.5 Å². The van der Waals surface area contributed by atoms with Crippen LogP contribution in [0.25, 0.3) is 11.0 Å². The average molecular weight is 314 g/mol. The molecule has 3 heterocycles. The van der Waals surface area contributed by atoms with Crippen LogP contribution in [0, 0.1) is 0 Å². The van der Waals surface area contributed by atoms with Crippen molar-refractivity contribution in [1.29, 1.82) is 0 Å². The summed E-state index contributed by atoms with van der Waals surface area (Å²) in [5.74, 6) is 0.672. The topological polar surface area (TPSA) is 119 Å². The summed E-state index contributed by atoms with van der Waals surface area (Å²) in [7, 11) is 0. The van der Waals surface area contributed by atoms with Crippen LogP contribution in [0.2, 0.25) is 0 Å². The van der Waals surface area contributed by atoms with Gasteiger partial charge in [-0.2, -0.15) is 5.10 Å². The molecule has 0 bridgehead atoms. The zero-order valence-corrected chi connectivity index (χ0v) is 12.9. The van der Waals surface area contributed by atoms with Gasteiger partial charge in [0, 0.05) is 19.2 Å². The van der Waals surface area contributed by atoms with Crippen LogP contribution in [-0.2, 0) is 6.42 Å². The molecule has 0 aliphatic carbocycles. The van der Waals surface area contributed by atoms with Gasteiger partial charge in [-0.05, 0) is 23.6 Å². The van der Waals surface area contributed by atoms with E-state index >= 15 is 0 Å². The van der Waals surface area contributed by atoms with Gasteiger partial charge in [0.05, 0.1) is 11.0 Å². The fraction of sp³-hybridized carbons (Fsp3) is 0.333. The third-order valence-corrected chi connectivity index (χ3v) is 3.60. The molecule has 0 unspecified atom stereocenters. The summed E-state index contributed by atoms with van der Waals surface area (Å²) in [6.45, 7) is 4.57. The molecule has 3 rings (SSSR count). The molecular weight excluding hydrogens is 296 g/mol. The highest BCUT2D eigenvalue weighted by atomic mass is 16.2. The summed E-state index contributed by atoms with van der Waals surface area (Å²) in [5, 5.41) is 8.85. The van der Waals surface area contributed by atoms with Crippen molar-refractivity contribution in [3.05, 3.63) is 45.9 Å². The van der Waals surface area contributed by atoms with Crippen LogP contribution in [0.15, 0.2) is 23.1 Å². The Morgan fingerprint density at radius 1 is 1.30 bits per heavy atom. The van der Waals surface area contributed by atoms with Gasteiger partial charge in [0.2, 0.25) is 0 Å². The third-order valence-electron chi connectivity index (χ3n) is 3.60. The van der Waals surface area contributed by atoms with E-state index in [2.05, 4.69) is 44.3 Å². The van der Waals surface area contributed by atoms with Gasteiger partial charge in [0.25, 0.3) is 5.91 Å². The molecule has 4 N–H and O–H groups in total. The Morgan fingerprint density at radius 2 is 2.13 bits per heavy atom. The Hall–Kier alpha value is -2.90. The van der Waals surface area contributed by atoms with Gasteiger partial charge in [-0.3, -0.25) is 14.8 Å². The van der Waals surface area contributed by atoms with E-state index in [9.17, 15) is 9.59 Å². The number of fused-ring (bicyclic) bond motifs is 1. The van der Waals surface area contributed by atoms with E-state index in [1.807, 2.05) is 12.3 Å². The molecule has 0 saturated heterocycles. The third kappa shape index (κ3) is 3.31. The molecule has 0 radical (unpaired) electrons. The minimum atomic E-state index is -0.353. The lowest BCUT2D eigenvalue weighted by Crippen LogP contribution is -2.26. The van der Waals surface area contributed by atoms with E-state index in [-0.39, 0.29) is 11.6 Å². The highest BCUT2D eigenvalue weighted by Crippen LogP contribution is 2.19. The number of carbonyl (C=O) groups is 1. The predicted molar refractivity (Wildman–Crippen MR) is 85.4 cm³/mol. The number of nitrogens with one attached hydrogen (secondary N) is 4. The van der Waals surface area contributed by atoms with Crippen LogP contribution in [0.5, 0.6) is 0 Å². The zero-order valence-electron chi connectivity index (χ0n) is 12.9. The molecule has 0 atom stereocenters. The Morgan fingerprint density at radius 3 is 2.83 bits per heavy atom. The van der Waals surface area contributed by atoms with Gasteiger partial charge in [-0.15, -0.1) is 0 Å². The SMILES string of the molecule is CC(C)c1cnc2cc(C(=O)NCCc3n[nH]c(=O)[nH]3)[nH]c2c1. The smallest absolute Gasteiger partial charge is 0.340 e. The Bertz CT molecular complexity index is 889. The number of rotatable bonds is 5. The van der Waals surface area contributed by atoms with Crippen LogP contribution >= 0.6 is 0 Å². The molecule has 3 aromatic rings. The number of carbonyl (C=O) groups excluding carboxylic acids is 1. The summed E-state index contributed by atoms with van der Waals surface area (Å²) < 4.78 is 0. The molecule has 0 aliphatic heterocycles. The highest BCUT2D eigenvalue weighted by molar-refractivity contribution is 5.97. The summed E-state index contributed by atoms with van der Waals surface area (Å²) >= 11 is 0. The van der Waals surface area contributed by atoms with Crippen molar-refractivity contribution >= 4 is 16.9 Å². The first-order valence-corrected chi connectivity index (χ1v) is 7.43. The van der Waals surface area contributed by atoms with Crippen molar-refractivity contribution in [2.75, 3.05) is 6.54 Å². The summed E-state index contributed by atoms with van der Waals surface area (Å²) in [4.78, 5) is 33.1. The number of amides is 1. The van der Waals surface area contributed by atoms with Crippen molar-refractivity contribution in [2.45, 2.75) is 26.2 Å². The standard InChI is InChI=1S/C15H18N6O2/c1-8(2)9-5-11-10(17-7-9)6-12(18-11)14(22)16-4-3-13-19-15(23)21-20-13/h5-8,18H,3-4H2,1-2H3,(H,16,22)(H2,19,20,21,23). The quantitative estimate of drug-likeness (QED) is 0.563. The number of aromatic amines is 3. The number of aromatic nitrogens is 5. The maximum Gasteiger partial charge on any atom is 0.340 e. The van der Waals surface area contributed by atoms with Crippen LogP contribution in [0.3, 0.4) is 0 Å². The van der Waals surface area contributed by atoms with E-state index < -0.39 is 0 Å². The molecule has 0 saturated carbocycles. The predicted octanol–water partition coefficient (Wildman–Crippen LogP) is 1.07. The van der Waals surface area contributed by atoms with Crippen molar-refractivity contribution < 1.29 is 4.79 Å². The lowest BCUT2D eigenvalue weighted by molar-refractivity contribution is 0.0950. The molecule has 0 aromatic carbocycles. The second-order valence-electron chi connectivity index (χ2n) is 5.67. The summed E-state index contributed by atoms with van der Waals surface area (Å²) in [5.41, 5.74) is 2.83. The lowest BCUT2D eigenvalue weighted by atomic mass is 10.1. The fourth-order valence-corrected chi connectivity index (χ4v) is 2.28. The maximum absolute atomic E-state index is 12.2. The summed E-state index contributed by atoms with van der Waals surface area (Å²) in [6.07, 6.45) is 2.27. The molecule has 8 nitrogen and oxygen atoms in total. The van der Waals surface area contributed by atoms with Crippen LogP contribution in [-0.4, -0.2) is 37.6 Å². The first kappa shape index (κ1) is 15.0. The molecule has 0 aliphatic rings.